The minimum absolute atomic E-state index is 0.0853. The minimum Gasteiger partial charge on any atom is -0.339 e. The number of likely N-dealkylation sites (N-methyl/N-ethyl adjacent to an activating group) is 1. The molecule has 2 aliphatic rings. The first kappa shape index (κ1) is 16.0. The van der Waals surface area contributed by atoms with Gasteiger partial charge in [-0.1, -0.05) is 0 Å². The van der Waals surface area contributed by atoms with Crippen LogP contribution in [0.1, 0.15) is 12.0 Å². The Bertz CT molecular complexity index is 787. The van der Waals surface area contributed by atoms with Crippen LogP contribution in [-0.2, 0) is 11.8 Å². The molecule has 0 radical (unpaired) electrons. The standard InChI is InChI=1S/C17H23N7O/c1-13-6-18-16(19-7-13)23-5-4-17(11-23)12-24(15(25)10-21(17)2)14-8-20-22(3)9-14/h6-9H,4-5,10-12H2,1-3H3/t17-/m1/s1. The first-order valence-electron chi connectivity index (χ1n) is 8.51. The molecule has 25 heavy (non-hydrogen) atoms. The fourth-order valence-electron chi connectivity index (χ4n) is 3.76. The van der Waals surface area contributed by atoms with Gasteiger partial charge in [-0.05, 0) is 26.0 Å². The predicted molar refractivity (Wildman–Crippen MR) is 94.5 cm³/mol. The summed E-state index contributed by atoms with van der Waals surface area (Å²) in [6, 6.07) is 0. The van der Waals surface area contributed by atoms with Crippen molar-refractivity contribution in [1.82, 2.24) is 24.6 Å². The van der Waals surface area contributed by atoms with Crippen LogP contribution in [0.4, 0.5) is 11.6 Å². The zero-order valence-corrected chi connectivity index (χ0v) is 14.9. The van der Waals surface area contributed by atoms with Gasteiger partial charge in [0.05, 0.1) is 24.0 Å². The van der Waals surface area contributed by atoms with Gasteiger partial charge in [0, 0.05) is 45.3 Å². The Balaban J connectivity index is 1.58. The third-order valence-corrected chi connectivity index (χ3v) is 5.32. The molecule has 8 nitrogen and oxygen atoms in total. The third-order valence-electron chi connectivity index (χ3n) is 5.32. The molecule has 0 aromatic carbocycles. The summed E-state index contributed by atoms with van der Waals surface area (Å²) in [5.41, 5.74) is 1.84. The topological polar surface area (TPSA) is 70.4 Å². The van der Waals surface area contributed by atoms with Crippen molar-refractivity contribution in [3.05, 3.63) is 30.4 Å². The summed E-state index contributed by atoms with van der Waals surface area (Å²) >= 11 is 0. The molecular formula is C17H23N7O. The van der Waals surface area contributed by atoms with Gasteiger partial charge in [-0.3, -0.25) is 14.4 Å². The average Bonchev–Trinajstić information content (AvgIpc) is 3.20. The van der Waals surface area contributed by atoms with Gasteiger partial charge in [-0.15, -0.1) is 0 Å². The smallest absolute Gasteiger partial charge is 0.241 e. The van der Waals surface area contributed by atoms with Gasteiger partial charge < -0.3 is 9.80 Å². The molecule has 0 unspecified atom stereocenters. The number of anilines is 2. The van der Waals surface area contributed by atoms with E-state index >= 15 is 0 Å². The summed E-state index contributed by atoms with van der Waals surface area (Å²) in [4.78, 5) is 27.7. The Kier molecular flexibility index (Phi) is 3.72. The molecule has 1 amide bonds. The Morgan fingerprint density at radius 3 is 2.56 bits per heavy atom. The molecule has 2 aliphatic heterocycles. The molecule has 0 saturated carbocycles. The molecule has 2 fully saturated rings. The van der Waals surface area contributed by atoms with Gasteiger partial charge >= 0.3 is 0 Å². The normalized spacial score (nSPS) is 24.5. The number of hydrogen-bond acceptors (Lipinski definition) is 6. The van der Waals surface area contributed by atoms with Crippen LogP contribution in [0.5, 0.6) is 0 Å². The number of piperazine rings is 1. The van der Waals surface area contributed by atoms with Gasteiger partial charge in [-0.25, -0.2) is 9.97 Å². The highest BCUT2D eigenvalue weighted by molar-refractivity contribution is 5.95. The Morgan fingerprint density at radius 2 is 1.88 bits per heavy atom. The van der Waals surface area contributed by atoms with Gasteiger partial charge in [0.15, 0.2) is 0 Å². The quantitative estimate of drug-likeness (QED) is 0.790. The van der Waals surface area contributed by atoms with Gasteiger partial charge in [0.2, 0.25) is 11.9 Å². The van der Waals surface area contributed by atoms with Crippen molar-refractivity contribution in [2.75, 3.05) is 43.0 Å². The number of rotatable bonds is 2. The summed E-state index contributed by atoms with van der Waals surface area (Å²) < 4.78 is 1.73. The first-order chi connectivity index (χ1) is 12.0. The van der Waals surface area contributed by atoms with Crippen molar-refractivity contribution in [3.63, 3.8) is 0 Å². The second-order valence-electron chi connectivity index (χ2n) is 7.16. The summed E-state index contributed by atoms with van der Waals surface area (Å²) in [6.07, 6.45) is 8.33. The van der Waals surface area contributed by atoms with Crippen LogP contribution in [0.3, 0.4) is 0 Å². The molecule has 132 valence electrons. The predicted octanol–water partition coefficient (Wildman–Crippen LogP) is 0.446. The number of aromatic nitrogens is 4. The number of hydrogen-bond donors (Lipinski definition) is 0. The van der Waals surface area contributed by atoms with E-state index in [1.165, 1.54) is 0 Å². The van der Waals surface area contributed by atoms with Crippen LogP contribution >= 0.6 is 0 Å². The van der Waals surface area contributed by atoms with E-state index in [9.17, 15) is 4.79 Å². The van der Waals surface area contributed by atoms with Gasteiger partial charge in [-0.2, -0.15) is 5.10 Å². The van der Waals surface area contributed by atoms with Gasteiger partial charge in [0.1, 0.15) is 0 Å². The molecule has 4 rings (SSSR count). The second-order valence-corrected chi connectivity index (χ2v) is 7.16. The van der Waals surface area contributed by atoms with Crippen molar-refractivity contribution in [2.24, 2.45) is 7.05 Å². The van der Waals surface area contributed by atoms with Crippen LogP contribution in [-0.4, -0.2) is 69.3 Å². The van der Waals surface area contributed by atoms with E-state index in [4.69, 9.17) is 0 Å². The molecule has 1 atom stereocenters. The Labute approximate surface area is 147 Å². The number of nitrogens with zero attached hydrogens (tertiary/aromatic N) is 7. The highest BCUT2D eigenvalue weighted by Crippen LogP contribution is 2.34. The number of carbonyl (C=O) groups is 1. The molecule has 2 aromatic heterocycles. The Hall–Kier alpha value is -2.48. The SMILES string of the molecule is Cc1cnc(N2CC[C@@]3(C2)CN(c2cnn(C)c2)C(=O)CN3C)nc1. The summed E-state index contributed by atoms with van der Waals surface area (Å²) in [6.45, 7) is 4.77. The maximum Gasteiger partial charge on any atom is 0.241 e. The molecular weight excluding hydrogens is 318 g/mol. The molecule has 2 saturated heterocycles. The summed E-state index contributed by atoms with van der Waals surface area (Å²) in [7, 11) is 3.91. The summed E-state index contributed by atoms with van der Waals surface area (Å²) in [5.74, 6) is 0.881. The van der Waals surface area contributed by atoms with Crippen molar-refractivity contribution in [1.29, 1.82) is 0 Å². The first-order valence-corrected chi connectivity index (χ1v) is 8.51. The molecule has 1 spiro atoms. The molecule has 0 aliphatic carbocycles. The molecule has 2 aromatic rings. The fraction of sp³-hybridized carbons (Fsp3) is 0.529. The largest absolute Gasteiger partial charge is 0.339 e. The average molecular weight is 341 g/mol. The van der Waals surface area contributed by atoms with E-state index in [-0.39, 0.29) is 11.4 Å². The zero-order valence-electron chi connectivity index (χ0n) is 14.9. The van der Waals surface area contributed by atoms with E-state index in [1.54, 1.807) is 10.9 Å². The monoisotopic (exact) mass is 341 g/mol. The highest BCUT2D eigenvalue weighted by Gasteiger charge is 2.48. The lowest BCUT2D eigenvalue weighted by Crippen LogP contribution is -2.64. The van der Waals surface area contributed by atoms with Crippen LogP contribution in [0, 0.1) is 6.92 Å². The fourth-order valence-corrected chi connectivity index (χ4v) is 3.76. The maximum atomic E-state index is 12.6. The number of amides is 1. The van der Waals surface area contributed by atoms with Gasteiger partial charge in [0.25, 0.3) is 0 Å². The van der Waals surface area contributed by atoms with Crippen molar-refractivity contribution in [3.8, 4) is 0 Å². The van der Waals surface area contributed by atoms with Crippen LogP contribution < -0.4 is 9.80 Å². The highest BCUT2D eigenvalue weighted by atomic mass is 16.2. The van der Waals surface area contributed by atoms with Crippen molar-refractivity contribution in [2.45, 2.75) is 18.9 Å². The van der Waals surface area contributed by atoms with Crippen molar-refractivity contribution >= 4 is 17.5 Å². The second kappa shape index (κ2) is 5.80. The molecule has 8 heteroatoms. The number of aryl methyl sites for hydroxylation is 2. The van der Waals surface area contributed by atoms with E-state index in [0.29, 0.717) is 13.1 Å². The minimum atomic E-state index is -0.0853. The molecule has 0 N–H and O–H groups in total. The maximum absolute atomic E-state index is 12.6. The number of carbonyl (C=O) groups excluding carboxylic acids is 1. The lowest BCUT2D eigenvalue weighted by atomic mass is 9.93. The van der Waals surface area contributed by atoms with Crippen LogP contribution in [0.15, 0.2) is 24.8 Å². The zero-order chi connectivity index (χ0) is 17.6. The third kappa shape index (κ3) is 2.76. The molecule has 0 bridgehead atoms. The van der Waals surface area contributed by atoms with Crippen LogP contribution in [0.25, 0.3) is 0 Å². The molecule has 4 heterocycles. The summed E-state index contributed by atoms with van der Waals surface area (Å²) in [5, 5.41) is 4.21. The van der Waals surface area contributed by atoms with Crippen molar-refractivity contribution < 1.29 is 4.79 Å². The van der Waals surface area contributed by atoms with E-state index in [1.807, 2.05) is 44.5 Å². The Morgan fingerprint density at radius 1 is 1.12 bits per heavy atom. The van der Waals surface area contributed by atoms with E-state index < -0.39 is 0 Å². The lowest BCUT2D eigenvalue weighted by Gasteiger charge is -2.46. The van der Waals surface area contributed by atoms with E-state index in [2.05, 4.69) is 24.9 Å². The lowest BCUT2D eigenvalue weighted by molar-refractivity contribution is -0.123. The van der Waals surface area contributed by atoms with Crippen LogP contribution in [0.2, 0.25) is 0 Å². The van der Waals surface area contributed by atoms with E-state index in [0.717, 1.165) is 36.7 Å².